The van der Waals surface area contributed by atoms with Gasteiger partial charge in [-0.25, -0.2) is 4.79 Å². The van der Waals surface area contributed by atoms with E-state index in [1.54, 1.807) is 6.92 Å². The Morgan fingerprint density at radius 1 is 1.40 bits per heavy atom. The van der Waals surface area contributed by atoms with E-state index >= 15 is 0 Å². The Labute approximate surface area is 89.3 Å². The molecule has 1 aromatic carbocycles. The van der Waals surface area contributed by atoms with E-state index in [9.17, 15) is 4.79 Å². The molecule has 0 bridgehead atoms. The predicted molar refractivity (Wildman–Crippen MR) is 59.9 cm³/mol. The molecule has 0 aliphatic rings. The molecule has 82 valence electrons. The first-order valence-electron chi connectivity index (χ1n) is 4.87. The number of carbonyl (C=O) groups is 1. The Bertz CT molecular complexity index is 320. The Morgan fingerprint density at radius 3 is 2.53 bits per heavy atom. The number of carbonyl (C=O) groups excluding carboxylic acids is 1. The van der Waals surface area contributed by atoms with Crippen LogP contribution in [0.1, 0.15) is 12.5 Å². The fraction of sp³-hybridized carbons (Fsp3) is 0.364. The standard InChI is InChI=1S/C11H16N2O2/c1-8-3-5-10(6-4-8)13-11(15)12-7-9(2)14/h3-6,9,14H,7H2,1-2H3,(H2,12,13,15)/t9-/m0/s1. The molecule has 15 heavy (non-hydrogen) atoms. The van der Waals surface area contributed by atoms with Crippen molar-refractivity contribution in [3.8, 4) is 0 Å². The van der Waals surface area contributed by atoms with Crippen LogP contribution in [0.15, 0.2) is 24.3 Å². The largest absolute Gasteiger partial charge is 0.392 e. The Kier molecular flexibility index (Phi) is 4.12. The highest BCUT2D eigenvalue weighted by molar-refractivity contribution is 5.89. The number of anilines is 1. The van der Waals surface area contributed by atoms with Gasteiger partial charge in [-0.3, -0.25) is 0 Å². The minimum atomic E-state index is -0.534. The normalized spacial score (nSPS) is 11.9. The van der Waals surface area contributed by atoms with Crippen LogP contribution >= 0.6 is 0 Å². The van der Waals surface area contributed by atoms with Gasteiger partial charge in [-0.2, -0.15) is 0 Å². The molecule has 0 spiro atoms. The average Bonchev–Trinajstić information content (AvgIpc) is 2.19. The molecule has 4 heteroatoms. The summed E-state index contributed by atoms with van der Waals surface area (Å²) >= 11 is 0. The highest BCUT2D eigenvalue weighted by atomic mass is 16.3. The lowest BCUT2D eigenvalue weighted by Crippen LogP contribution is -2.34. The lowest BCUT2D eigenvalue weighted by atomic mass is 10.2. The summed E-state index contributed by atoms with van der Waals surface area (Å²) in [6, 6.07) is 7.20. The molecule has 0 fully saturated rings. The van der Waals surface area contributed by atoms with Gasteiger partial charge in [0.05, 0.1) is 6.10 Å². The van der Waals surface area contributed by atoms with E-state index in [1.165, 1.54) is 0 Å². The summed E-state index contributed by atoms with van der Waals surface area (Å²) in [5, 5.41) is 14.2. The molecule has 1 atom stereocenters. The fourth-order valence-electron chi connectivity index (χ4n) is 1.05. The molecule has 0 unspecified atom stereocenters. The van der Waals surface area contributed by atoms with Gasteiger partial charge in [0, 0.05) is 12.2 Å². The van der Waals surface area contributed by atoms with Gasteiger partial charge < -0.3 is 15.7 Å². The van der Waals surface area contributed by atoms with E-state index in [2.05, 4.69) is 10.6 Å². The van der Waals surface area contributed by atoms with Gasteiger partial charge in [-0.05, 0) is 26.0 Å². The van der Waals surface area contributed by atoms with E-state index in [1.807, 2.05) is 31.2 Å². The minimum Gasteiger partial charge on any atom is -0.392 e. The zero-order valence-corrected chi connectivity index (χ0v) is 8.95. The molecule has 0 radical (unpaired) electrons. The van der Waals surface area contributed by atoms with Crippen LogP contribution in [-0.2, 0) is 0 Å². The van der Waals surface area contributed by atoms with Crippen molar-refractivity contribution in [1.29, 1.82) is 0 Å². The molecule has 0 aromatic heterocycles. The van der Waals surface area contributed by atoms with Crippen LogP contribution in [-0.4, -0.2) is 23.8 Å². The van der Waals surface area contributed by atoms with Crippen molar-refractivity contribution in [2.24, 2.45) is 0 Å². The van der Waals surface area contributed by atoms with Crippen LogP contribution in [0.2, 0.25) is 0 Å². The van der Waals surface area contributed by atoms with Gasteiger partial charge in [-0.15, -0.1) is 0 Å². The first kappa shape index (κ1) is 11.5. The van der Waals surface area contributed by atoms with E-state index in [0.717, 1.165) is 11.3 Å². The van der Waals surface area contributed by atoms with E-state index in [4.69, 9.17) is 5.11 Å². The lowest BCUT2D eigenvalue weighted by Gasteiger charge is -2.08. The van der Waals surface area contributed by atoms with E-state index in [0.29, 0.717) is 0 Å². The van der Waals surface area contributed by atoms with Crippen molar-refractivity contribution in [1.82, 2.24) is 5.32 Å². The number of aliphatic hydroxyl groups is 1. The summed E-state index contributed by atoms with van der Waals surface area (Å²) in [6.45, 7) is 3.85. The number of hydrogen-bond donors (Lipinski definition) is 3. The van der Waals surface area contributed by atoms with Crippen molar-refractivity contribution in [3.63, 3.8) is 0 Å². The molecule has 1 aromatic rings. The maximum atomic E-state index is 11.3. The fourth-order valence-corrected chi connectivity index (χ4v) is 1.05. The van der Waals surface area contributed by atoms with E-state index in [-0.39, 0.29) is 12.6 Å². The number of hydrogen-bond acceptors (Lipinski definition) is 2. The SMILES string of the molecule is Cc1ccc(NC(=O)NC[C@H](C)O)cc1. The molecule has 3 N–H and O–H groups in total. The topological polar surface area (TPSA) is 61.4 Å². The molecule has 2 amide bonds. The lowest BCUT2D eigenvalue weighted by molar-refractivity contribution is 0.190. The predicted octanol–water partition coefficient (Wildman–Crippen LogP) is 1.50. The van der Waals surface area contributed by atoms with Gasteiger partial charge >= 0.3 is 6.03 Å². The van der Waals surface area contributed by atoms with E-state index < -0.39 is 6.10 Å². The van der Waals surface area contributed by atoms with Crippen molar-refractivity contribution < 1.29 is 9.90 Å². The molecule has 1 rings (SSSR count). The second kappa shape index (κ2) is 5.36. The summed E-state index contributed by atoms with van der Waals surface area (Å²) in [5.41, 5.74) is 1.88. The summed E-state index contributed by atoms with van der Waals surface area (Å²) in [6.07, 6.45) is -0.534. The van der Waals surface area contributed by atoms with Crippen molar-refractivity contribution in [2.75, 3.05) is 11.9 Å². The molecule has 0 saturated heterocycles. The van der Waals surface area contributed by atoms with Crippen LogP contribution in [0, 0.1) is 6.92 Å². The summed E-state index contributed by atoms with van der Waals surface area (Å²) in [5.74, 6) is 0. The highest BCUT2D eigenvalue weighted by Gasteiger charge is 2.02. The van der Waals surface area contributed by atoms with Crippen LogP contribution in [0.25, 0.3) is 0 Å². The number of urea groups is 1. The third-order valence-corrected chi connectivity index (χ3v) is 1.87. The van der Waals surface area contributed by atoms with Crippen molar-refractivity contribution in [3.05, 3.63) is 29.8 Å². The summed E-state index contributed by atoms with van der Waals surface area (Å²) < 4.78 is 0. The van der Waals surface area contributed by atoms with Gasteiger partial charge in [0.2, 0.25) is 0 Å². The smallest absolute Gasteiger partial charge is 0.319 e. The Hall–Kier alpha value is -1.55. The quantitative estimate of drug-likeness (QED) is 0.705. The first-order valence-corrected chi connectivity index (χ1v) is 4.87. The van der Waals surface area contributed by atoms with Crippen LogP contribution in [0.3, 0.4) is 0 Å². The zero-order valence-electron chi connectivity index (χ0n) is 8.95. The second-order valence-electron chi connectivity index (χ2n) is 3.55. The molecule has 0 saturated carbocycles. The maximum absolute atomic E-state index is 11.3. The van der Waals surface area contributed by atoms with Crippen LogP contribution in [0.4, 0.5) is 10.5 Å². The van der Waals surface area contributed by atoms with Gasteiger partial charge in [0.1, 0.15) is 0 Å². The monoisotopic (exact) mass is 208 g/mol. The van der Waals surface area contributed by atoms with Gasteiger partial charge in [-0.1, -0.05) is 17.7 Å². The van der Waals surface area contributed by atoms with Crippen molar-refractivity contribution >= 4 is 11.7 Å². The molecule has 0 heterocycles. The maximum Gasteiger partial charge on any atom is 0.319 e. The minimum absolute atomic E-state index is 0.248. The molecule has 0 aliphatic carbocycles. The second-order valence-corrected chi connectivity index (χ2v) is 3.55. The van der Waals surface area contributed by atoms with Gasteiger partial charge in [0.25, 0.3) is 0 Å². The summed E-state index contributed by atoms with van der Waals surface area (Å²) in [7, 11) is 0. The number of aryl methyl sites for hydroxylation is 1. The van der Waals surface area contributed by atoms with Crippen molar-refractivity contribution in [2.45, 2.75) is 20.0 Å². The number of nitrogens with one attached hydrogen (secondary N) is 2. The molecule has 4 nitrogen and oxygen atoms in total. The number of amides is 2. The molecule has 0 aliphatic heterocycles. The molecular formula is C11H16N2O2. The number of benzene rings is 1. The first-order chi connectivity index (χ1) is 7.08. The Balaban J connectivity index is 2.41. The van der Waals surface area contributed by atoms with Gasteiger partial charge in [0.15, 0.2) is 0 Å². The highest BCUT2D eigenvalue weighted by Crippen LogP contribution is 2.07. The zero-order chi connectivity index (χ0) is 11.3. The number of rotatable bonds is 3. The third kappa shape index (κ3) is 4.46. The van der Waals surface area contributed by atoms with Crippen LogP contribution < -0.4 is 10.6 Å². The van der Waals surface area contributed by atoms with Crippen LogP contribution in [0.5, 0.6) is 0 Å². The molecular weight excluding hydrogens is 192 g/mol. The Morgan fingerprint density at radius 2 is 2.00 bits per heavy atom. The number of aliphatic hydroxyl groups excluding tert-OH is 1. The average molecular weight is 208 g/mol. The summed E-state index contributed by atoms with van der Waals surface area (Å²) in [4.78, 5) is 11.3. The third-order valence-electron chi connectivity index (χ3n) is 1.87.